The Bertz CT molecular complexity index is 1950. The number of halogens is 1. The third kappa shape index (κ3) is 5.23. The average molecular weight is 725 g/mol. The van der Waals surface area contributed by atoms with Crippen molar-refractivity contribution in [3.8, 4) is 0 Å². The molecule has 0 radical (unpaired) electrons. The SMILES string of the molecule is O=C1CN=C2c3cc(I)ccc3N=C(CCNc3nnc(CN4c5ccccc5Sc5ccccc54)o3)N2N1c1ccccc1. The van der Waals surface area contributed by atoms with E-state index in [9.17, 15) is 4.79 Å². The molecule has 0 fully saturated rings. The Labute approximate surface area is 277 Å². The lowest BCUT2D eigenvalue weighted by Crippen LogP contribution is -2.58. The molecule has 12 heteroatoms. The van der Waals surface area contributed by atoms with Crippen molar-refractivity contribution >= 4 is 80.7 Å². The predicted octanol–water partition coefficient (Wildman–Crippen LogP) is 7.03. The van der Waals surface area contributed by atoms with Crippen LogP contribution in [0.15, 0.2) is 121 Å². The lowest BCUT2D eigenvalue weighted by atomic mass is 10.1. The van der Waals surface area contributed by atoms with Gasteiger partial charge in [-0.25, -0.2) is 15.0 Å². The summed E-state index contributed by atoms with van der Waals surface area (Å²) in [6.45, 7) is 0.951. The first-order valence-corrected chi connectivity index (χ1v) is 16.3. The van der Waals surface area contributed by atoms with Crippen molar-refractivity contribution in [1.82, 2.24) is 15.2 Å². The molecule has 3 aliphatic heterocycles. The van der Waals surface area contributed by atoms with E-state index in [0.717, 1.165) is 31.9 Å². The lowest BCUT2D eigenvalue weighted by molar-refractivity contribution is -0.119. The van der Waals surface area contributed by atoms with Gasteiger partial charge < -0.3 is 14.6 Å². The molecular weight excluding hydrogens is 699 g/mol. The molecule has 0 aliphatic carbocycles. The van der Waals surface area contributed by atoms with Gasteiger partial charge in [0.15, 0.2) is 5.84 Å². The number of aromatic nitrogens is 2. The predicted molar refractivity (Wildman–Crippen MR) is 184 cm³/mol. The molecule has 0 spiro atoms. The van der Waals surface area contributed by atoms with Gasteiger partial charge in [-0.2, -0.15) is 0 Å². The highest BCUT2D eigenvalue weighted by molar-refractivity contribution is 14.1. The summed E-state index contributed by atoms with van der Waals surface area (Å²) in [4.78, 5) is 27.5. The van der Waals surface area contributed by atoms with Crippen molar-refractivity contribution in [3.63, 3.8) is 0 Å². The minimum absolute atomic E-state index is 0.0621. The number of fused-ring (bicyclic) bond motifs is 5. The third-order valence-corrected chi connectivity index (χ3v) is 9.41. The fourth-order valence-electron chi connectivity index (χ4n) is 5.64. The summed E-state index contributed by atoms with van der Waals surface area (Å²) in [6.07, 6.45) is 0.475. The number of aliphatic imine (C=N–C) groups is 2. The van der Waals surface area contributed by atoms with Gasteiger partial charge in [0, 0.05) is 31.9 Å². The van der Waals surface area contributed by atoms with E-state index >= 15 is 0 Å². The number of para-hydroxylation sites is 3. The molecular formula is C33H25IN8O2S. The molecule has 4 heterocycles. The maximum atomic E-state index is 13.3. The van der Waals surface area contributed by atoms with Gasteiger partial charge in [0.25, 0.3) is 5.91 Å². The normalized spacial score (nSPS) is 15.0. The smallest absolute Gasteiger partial charge is 0.315 e. The number of hydrogen-bond donors (Lipinski definition) is 1. The first kappa shape index (κ1) is 27.8. The van der Waals surface area contributed by atoms with Crippen molar-refractivity contribution in [2.24, 2.45) is 9.98 Å². The summed E-state index contributed by atoms with van der Waals surface area (Å²) < 4.78 is 7.13. The first-order valence-electron chi connectivity index (χ1n) is 14.4. The van der Waals surface area contributed by atoms with E-state index < -0.39 is 0 Å². The zero-order valence-corrected chi connectivity index (χ0v) is 26.8. The number of carbonyl (C=O) groups excluding carboxylic acids is 1. The Balaban J connectivity index is 1.03. The largest absolute Gasteiger partial charge is 0.406 e. The molecule has 45 heavy (non-hydrogen) atoms. The Morgan fingerprint density at radius 2 is 1.60 bits per heavy atom. The minimum atomic E-state index is -0.125. The van der Waals surface area contributed by atoms with Crippen LogP contribution in [-0.4, -0.2) is 45.9 Å². The topological polar surface area (TPSA) is 102 Å². The number of carbonyl (C=O) groups is 1. The first-order chi connectivity index (χ1) is 22.1. The number of anilines is 4. The molecule has 1 aromatic heterocycles. The second-order valence-corrected chi connectivity index (χ2v) is 12.8. The maximum absolute atomic E-state index is 13.3. The van der Waals surface area contributed by atoms with Crippen molar-refractivity contribution in [1.29, 1.82) is 0 Å². The van der Waals surface area contributed by atoms with Crippen LogP contribution in [0.2, 0.25) is 0 Å². The molecule has 3 aliphatic rings. The zero-order chi connectivity index (χ0) is 30.3. The van der Waals surface area contributed by atoms with Crippen LogP contribution in [0.5, 0.6) is 0 Å². The third-order valence-electron chi connectivity index (χ3n) is 7.61. The van der Waals surface area contributed by atoms with E-state index in [-0.39, 0.29) is 12.5 Å². The Kier molecular flexibility index (Phi) is 7.22. The van der Waals surface area contributed by atoms with Gasteiger partial charge in [-0.05, 0) is 77.2 Å². The Morgan fingerprint density at radius 3 is 2.38 bits per heavy atom. The number of amidine groups is 2. The quantitative estimate of drug-likeness (QED) is 0.179. The van der Waals surface area contributed by atoms with Crippen LogP contribution in [0, 0.1) is 3.57 Å². The molecule has 0 saturated heterocycles. The van der Waals surface area contributed by atoms with Crippen LogP contribution in [0.25, 0.3) is 0 Å². The zero-order valence-electron chi connectivity index (χ0n) is 23.8. The van der Waals surface area contributed by atoms with Gasteiger partial charge in [0.1, 0.15) is 18.9 Å². The molecule has 0 atom stereocenters. The molecule has 0 saturated carbocycles. The van der Waals surface area contributed by atoms with Crippen LogP contribution >= 0.6 is 34.4 Å². The number of rotatable bonds is 7. The number of amides is 1. The molecule has 4 aromatic carbocycles. The van der Waals surface area contributed by atoms with E-state index in [2.05, 4.69) is 85.5 Å². The monoisotopic (exact) mass is 724 g/mol. The van der Waals surface area contributed by atoms with Crippen LogP contribution in [0.4, 0.5) is 28.8 Å². The van der Waals surface area contributed by atoms with E-state index in [1.54, 1.807) is 16.8 Å². The van der Waals surface area contributed by atoms with Gasteiger partial charge >= 0.3 is 6.01 Å². The van der Waals surface area contributed by atoms with E-state index in [1.807, 2.05) is 59.6 Å². The number of nitrogens with zero attached hydrogens (tertiary/aromatic N) is 7. The van der Waals surface area contributed by atoms with Gasteiger partial charge in [0.05, 0.1) is 22.7 Å². The second-order valence-electron chi connectivity index (χ2n) is 10.5. The van der Waals surface area contributed by atoms with Gasteiger partial charge in [-0.3, -0.25) is 9.79 Å². The number of hydrazine groups is 1. The molecule has 1 N–H and O–H groups in total. The summed E-state index contributed by atoms with van der Waals surface area (Å²) in [6, 6.07) is 32.7. The second kappa shape index (κ2) is 11.7. The van der Waals surface area contributed by atoms with Crippen LogP contribution < -0.4 is 15.2 Å². The summed E-state index contributed by atoms with van der Waals surface area (Å²) >= 11 is 4.05. The molecule has 0 unspecified atom stereocenters. The fourth-order valence-corrected chi connectivity index (χ4v) is 7.23. The average Bonchev–Trinajstić information content (AvgIpc) is 3.52. The van der Waals surface area contributed by atoms with Gasteiger partial charge in [0.2, 0.25) is 5.89 Å². The molecule has 8 rings (SSSR count). The fraction of sp³-hybridized carbons (Fsp3) is 0.121. The van der Waals surface area contributed by atoms with Gasteiger partial charge in [-0.1, -0.05) is 59.3 Å². The van der Waals surface area contributed by atoms with Crippen LogP contribution in [0.1, 0.15) is 17.9 Å². The molecule has 0 bridgehead atoms. The van der Waals surface area contributed by atoms with E-state index in [0.29, 0.717) is 43.1 Å². The number of hydrogen-bond acceptors (Lipinski definition) is 10. The number of nitrogens with one attached hydrogen (secondary N) is 1. The Morgan fingerprint density at radius 1 is 0.867 bits per heavy atom. The minimum Gasteiger partial charge on any atom is -0.406 e. The van der Waals surface area contributed by atoms with Crippen molar-refractivity contribution < 1.29 is 9.21 Å². The van der Waals surface area contributed by atoms with Gasteiger partial charge in [-0.15, -0.1) is 5.10 Å². The highest BCUT2D eigenvalue weighted by Crippen LogP contribution is 2.48. The molecule has 10 nitrogen and oxygen atoms in total. The highest BCUT2D eigenvalue weighted by atomic mass is 127. The lowest BCUT2D eigenvalue weighted by Gasteiger charge is -2.42. The Hall–Kier alpha value is -4.69. The number of benzene rings is 4. The van der Waals surface area contributed by atoms with Crippen molar-refractivity contribution in [2.45, 2.75) is 22.8 Å². The van der Waals surface area contributed by atoms with E-state index in [1.165, 1.54) is 9.79 Å². The summed E-state index contributed by atoms with van der Waals surface area (Å²) in [7, 11) is 0. The van der Waals surface area contributed by atoms with Crippen molar-refractivity contribution in [2.75, 3.05) is 28.3 Å². The molecule has 1 amide bonds. The van der Waals surface area contributed by atoms with Crippen LogP contribution in [0.3, 0.4) is 0 Å². The standard InChI is InChI=1S/C33H25IN8O2S/c34-21-14-15-24-23(18-21)32-36-19-31(43)41(22-8-2-1-3-9-22)42(32)29(37-24)16-17-35-33-39-38-30(44-33)20-40-25-10-4-6-12-27(25)45-28-13-7-5-11-26(28)40/h1-15,18H,16-17,19-20H2,(H,35,39). The maximum Gasteiger partial charge on any atom is 0.315 e. The van der Waals surface area contributed by atoms with Crippen molar-refractivity contribution in [3.05, 3.63) is 112 Å². The van der Waals surface area contributed by atoms with E-state index in [4.69, 9.17) is 14.4 Å². The molecule has 5 aromatic rings. The highest BCUT2D eigenvalue weighted by Gasteiger charge is 2.37. The summed E-state index contributed by atoms with van der Waals surface area (Å²) in [5.74, 6) is 1.77. The van der Waals surface area contributed by atoms with Crippen LogP contribution in [-0.2, 0) is 11.3 Å². The summed E-state index contributed by atoms with van der Waals surface area (Å²) in [5, 5.41) is 15.4. The molecule has 222 valence electrons. The summed E-state index contributed by atoms with van der Waals surface area (Å²) in [5.41, 5.74) is 4.69.